The molecule has 0 aromatic carbocycles. The summed E-state index contributed by atoms with van der Waals surface area (Å²) in [6.07, 6.45) is 8.29. The SMILES string of the molecule is C=C(/C=C\C=C(/C)NS(C)=O)CC.CC. The lowest BCUT2D eigenvalue weighted by atomic mass is 10.2. The molecule has 0 rings (SSSR count). The van der Waals surface area contributed by atoms with Gasteiger partial charge in [0.05, 0.1) is 0 Å². The van der Waals surface area contributed by atoms with Gasteiger partial charge in [0.2, 0.25) is 0 Å². The van der Waals surface area contributed by atoms with E-state index in [1.165, 1.54) is 0 Å². The van der Waals surface area contributed by atoms with E-state index in [0.29, 0.717) is 0 Å². The Morgan fingerprint density at radius 2 is 2.00 bits per heavy atom. The van der Waals surface area contributed by atoms with E-state index in [-0.39, 0.29) is 0 Å². The van der Waals surface area contributed by atoms with Gasteiger partial charge in [-0.05, 0) is 19.4 Å². The summed E-state index contributed by atoms with van der Waals surface area (Å²) in [5.41, 5.74) is 1.97. The molecule has 0 aliphatic heterocycles. The monoisotopic (exact) mass is 229 g/mol. The molecule has 1 atom stereocenters. The molecule has 0 heterocycles. The first-order valence-corrected chi connectivity index (χ1v) is 6.75. The second kappa shape index (κ2) is 11.2. The lowest BCUT2D eigenvalue weighted by Gasteiger charge is -1.99. The van der Waals surface area contributed by atoms with Gasteiger partial charge in [-0.2, -0.15) is 0 Å². The first-order valence-electron chi connectivity index (χ1n) is 5.19. The van der Waals surface area contributed by atoms with Crippen LogP contribution in [0.25, 0.3) is 0 Å². The summed E-state index contributed by atoms with van der Waals surface area (Å²) >= 11 is 0. The molecule has 0 spiro atoms. The molecule has 3 heteroatoms. The van der Waals surface area contributed by atoms with Crippen molar-refractivity contribution in [3.05, 3.63) is 36.1 Å². The van der Waals surface area contributed by atoms with E-state index < -0.39 is 11.0 Å². The third-order valence-electron chi connectivity index (χ3n) is 1.44. The maximum atomic E-state index is 10.7. The highest BCUT2D eigenvalue weighted by Gasteiger charge is 1.87. The summed E-state index contributed by atoms with van der Waals surface area (Å²) in [4.78, 5) is 0. The second-order valence-electron chi connectivity index (χ2n) is 2.78. The Labute approximate surface area is 96.8 Å². The molecule has 15 heavy (non-hydrogen) atoms. The second-order valence-corrected chi connectivity index (χ2v) is 3.89. The molecule has 0 aromatic rings. The van der Waals surface area contributed by atoms with Gasteiger partial charge in [-0.25, -0.2) is 4.21 Å². The van der Waals surface area contributed by atoms with Crippen LogP contribution < -0.4 is 4.72 Å². The molecule has 0 aliphatic carbocycles. The molecule has 1 unspecified atom stereocenters. The van der Waals surface area contributed by atoms with Gasteiger partial charge in [0.15, 0.2) is 0 Å². The van der Waals surface area contributed by atoms with Crippen LogP contribution >= 0.6 is 0 Å². The van der Waals surface area contributed by atoms with Crippen LogP contribution in [0.15, 0.2) is 36.1 Å². The first kappa shape index (κ1) is 16.6. The van der Waals surface area contributed by atoms with Crippen LogP contribution in [-0.4, -0.2) is 10.5 Å². The van der Waals surface area contributed by atoms with Gasteiger partial charge in [-0.15, -0.1) is 0 Å². The molecule has 0 saturated carbocycles. The third-order valence-corrected chi connectivity index (χ3v) is 2.05. The molecule has 88 valence electrons. The van der Waals surface area contributed by atoms with Crippen molar-refractivity contribution >= 4 is 11.0 Å². The largest absolute Gasteiger partial charge is 0.310 e. The van der Waals surface area contributed by atoms with Crippen LogP contribution in [0, 0.1) is 0 Å². The van der Waals surface area contributed by atoms with Crippen molar-refractivity contribution in [3.8, 4) is 0 Å². The quantitative estimate of drug-likeness (QED) is 0.720. The minimum absolute atomic E-state index is 0.890. The van der Waals surface area contributed by atoms with E-state index >= 15 is 0 Å². The number of rotatable bonds is 5. The highest BCUT2D eigenvalue weighted by Crippen LogP contribution is 1.98. The van der Waals surface area contributed by atoms with Crippen LogP contribution in [0.1, 0.15) is 34.1 Å². The predicted molar refractivity (Wildman–Crippen MR) is 70.9 cm³/mol. The van der Waals surface area contributed by atoms with Crippen molar-refractivity contribution in [1.29, 1.82) is 0 Å². The summed E-state index contributed by atoms with van der Waals surface area (Å²) in [5.74, 6) is 0. The summed E-state index contributed by atoms with van der Waals surface area (Å²) < 4.78 is 13.5. The van der Waals surface area contributed by atoms with Crippen molar-refractivity contribution < 1.29 is 4.21 Å². The molecule has 0 amide bonds. The number of hydrogen-bond donors (Lipinski definition) is 1. The Balaban J connectivity index is 0. The minimum atomic E-state index is -0.986. The Hall–Kier alpha value is -0.830. The Bertz CT molecular complexity index is 254. The van der Waals surface area contributed by atoms with Crippen molar-refractivity contribution in [1.82, 2.24) is 4.72 Å². The average molecular weight is 229 g/mol. The fourth-order valence-electron chi connectivity index (χ4n) is 0.707. The minimum Gasteiger partial charge on any atom is -0.310 e. The van der Waals surface area contributed by atoms with Crippen molar-refractivity contribution in [2.24, 2.45) is 0 Å². The van der Waals surface area contributed by atoms with Crippen LogP contribution in [0.3, 0.4) is 0 Å². The summed E-state index contributed by atoms with van der Waals surface area (Å²) in [6, 6.07) is 0. The van der Waals surface area contributed by atoms with Gasteiger partial charge < -0.3 is 4.72 Å². The molecule has 0 aliphatic rings. The fourth-order valence-corrected chi connectivity index (χ4v) is 1.23. The standard InChI is InChI=1S/C10H17NOS.C2H6/c1-5-9(2)7-6-8-10(3)11-13(4)12;1-2/h6-8,11H,2,5H2,1,3-4H3;1-2H3/b7-6-,10-8+;. The molecular weight excluding hydrogens is 206 g/mol. The van der Waals surface area contributed by atoms with Crippen LogP contribution in [0.4, 0.5) is 0 Å². The summed E-state index contributed by atoms with van der Waals surface area (Å²) in [6.45, 7) is 11.8. The number of allylic oxidation sites excluding steroid dienone is 5. The molecule has 1 N–H and O–H groups in total. The Kier molecular flexibility index (Phi) is 12.4. The van der Waals surface area contributed by atoms with Gasteiger partial charge in [0.1, 0.15) is 11.0 Å². The van der Waals surface area contributed by atoms with Crippen LogP contribution in [0.5, 0.6) is 0 Å². The van der Waals surface area contributed by atoms with E-state index in [2.05, 4.69) is 18.2 Å². The lowest BCUT2D eigenvalue weighted by molar-refractivity contribution is 0.682. The maximum Gasteiger partial charge on any atom is 0.113 e. The number of nitrogens with one attached hydrogen (secondary N) is 1. The molecular formula is C12H23NOS. The van der Waals surface area contributed by atoms with Crippen molar-refractivity contribution in [2.45, 2.75) is 34.1 Å². The third kappa shape index (κ3) is 13.2. The van der Waals surface area contributed by atoms with E-state index in [1.54, 1.807) is 6.26 Å². The lowest BCUT2D eigenvalue weighted by Crippen LogP contribution is -2.12. The predicted octanol–water partition coefficient (Wildman–Crippen LogP) is 3.32. The first-order chi connectivity index (χ1) is 7.06. The topological polar surface area (TPSA) is 29.1 Å². The summed E-state index contributed by atoms with van der Waals surface area (Å²) in [7, 11) is -0.986. The van der Waals surface area contributed by atoms with E-state index in [4.69, 9.17) is 0 Å². The van der Waals surface area contributed by atoms with Crippen LogP contribution in [-0.2, 0) is 11.0 Å². The zero-order valence-electron chi connectivity index (χ0n) is 10.5. The molecule has 0 saturated heterocycles. The maximum absolute atomic E-state index is 10.7. The van der Waals surface area contributed by atoms with Gasteiger partial charge >= 0.3 is 0 Å². The Morgan fingerprint density at radius 3 is 2.40 bits per heavy atom. The smallest absolute Gasteiger partial charge is 0.113 e. The van der Waals surface area contributed by atoms with Crippen LogP contribution in [0.2, 0.25) is 0 Å². The van der Waals surface area contributed by atoms with Crippen molar-refractivity contribution in [3.63, 3.8) is 0 Å². The van der Waals surface area contributed by atoms with Gasteiger partial charge in [0.25, 0.3) is 0 Å². The fraction of sp³-hybridized carbons (Fsp3) is 0.500. The highest BCUT2D eigenvalue weighted by atomic mass is 32.2. The zero-order valence-corrected chi connectivity index (χ0v) is 11.3. The van der Waals surface area contributed by atoms with E-state index in [9.17, 15) is 4.21 Å². The highest BCUT2D eigenvalue weighted by molar-refractivity contribution is 7.82. The zero-order chi connectivity index (χ0) is 12.3. The molecule has 2 nitrogen and oxygen atoms in total. The Morgan fingerprint density at radius 1 is 1.47 bits per heavy atom. The van der Waals surface area contributed by atoms with Crippen molar-refractivity contribution in [2.75, 3.05) is 6.26 Å². The van der Waals surface area contributed by atoms with Gasteiger partial charge in [-0.1, -0.05) is 45.1 Å². The molecule has 0 fully saturated rings. The van der Waals surface area contributed by atoms with E-state index in [1.807, 2.05) is 39.0 Å². The van der Waals surface area contributed by atoms with Gasteiger partial charge in [-0.3, -0.25) is 0 Å². The molecule has 0 bridgehead atoms. The summed E-state index contributed by atoms with van der Waals surface area (Å²) in [5, 5.41) is 0. The normalized spacial score (nSPS) is 13.0. The van der Waals surface area contributed by atoms with E-state index in [0.717, 1.165) is 17.7 Å². The number of hydrogen-bond acceptors (Lipinski definition) is 1. The molecule has 0 radical (unpaired) electrons. The average Bonchev–Trinajstić information content (AvgIpc) is 2.19. The molecule has 0 aromatic heterocycles. The van der Waals surface area contributed by atoms with Gasteiger partial charge in [0, 0.05) is 12.0 Å².